The highest BCUT2D eigenvalue weighted by Crippen LogP contribution is 2.23. The molecule has 0 atom stereocenters. The molecule has 1 aromatic heterocycles. The molecule has 0 aliphatic rings. The van der Waals surface area contributed by atoms with Gasteiger partial charge in [0.2, 0.25) is 0 Å². The first-order valence-electron chi connectivity index (χ1n) is 5.50. The molecule has 0 saturated heterocycles. The van der Waals surface area contributed by atoms with Gasteiger partial charge >= 0.3 is 0 Å². The predicted octanol–water partition coefficient (Wildman–Crippen LogP) is 3.02. The van der Waals surface area contributed by atoms with Gasteiger partial charge in [-0.2, -0.15) is 5.10 Å². The molecular formula is C13H17N3. The molecule has 0 saturated carbocycles. The van der Waals surface area contributed by atoms with Crippen LogP contribution in [0.5, 0.6) is 0 Å². The Morgan fingerprint density at radius 3 is 2.56 bits per heavy atom. The first-order valence-corrected chi connectivity index (χ1v) is 5.50. The van der Waals surface area contributed by atoms with E-state index >= 15 is 0 Å². The van der Waals surface area contributed by atoms with Gasteiger partial charge in [0.25, 0.3) is 0 Å². The maximum Gasteiger partial charge on any atom is 0.122 e. The fraction of sp³-hybridized carbons (Fsp3) is 0.308. The Balaban J connectivity index is 2.45. The third-order valence-corrected chi connectivity index (χ3v) is 2.57. The zero-order valence-electron chi connectivity index (χ0n) is 9.94. The minimum atomic E-state index is 0.290. The molecule has 0 unspecified atom stereocenters. The minimum Gasteiger partial charge on any atom is -0.384 e. The molecule has 84 valence electrons. The van der Waals surface area contributed by atoms with E-state index in [4.69, 9.17) is 5.73 Å². The highest BCUT2D eigenvalue weighted by Gasteiger charge is 2.09. The number of aryl methyl sites for hydroxylation is 1. The number of benzene rings is 1. The third-order valence-electron chi connectivity index (χ3n) is 2.57. The van der Waals surface area contributed by atoms with Crippen LogP contribution in [0.1, 0.15) is 25.5 Å². The van der Waals surface area contributed by atoms with Crippen molar-refractivity contribution >= 4 is 5.82 Å². The van der Waals surface area contributed by atoms with Gasteiger partial charge in [-0.25, -0.2) is 4.68 Å². The molecule has 3 heteroatoms. The topological polar surface area (TPSA) is 43.8 Å². The zero-order chi connectivity index (χ0) is 11.7. The summed E-state index contributed by atoms with van der Waals surface area (Å²) < 4.78 is 1.84. The van der Waals surface area contributed by atoms with E-state index in [0.717, 1.165) is 11.3 Å². The van der Waals surface area contributed by atoms with Crippen molar-refractivity contribution in [3.8, 4) is 11.3 Å². The van der Waals surface area contributed by atoms with Crippen molar-refractivity contribution in [1.82, 2.24) is 9.78 Å². The van der Waals surface area contributed by atoms with Gasteiger partial charge in [-0.05, 0) is 26.8 Å². The lowest BCUT2D eigenvalue weighted by atomic mass is 10.1. The van der Waals surface area contributed by atoms with Crippen LogP contribution in [-0.4, -0.2) is 9.78 Å². The van der Waals surface area contributed by atoms with Crippen LogP contribution < -0.4 is 5.73 Å². The van der Waals surface area contributed by atoms with E-state index in [1.54, 1.807) is 0 Å². The Bertz CT molecular complexity index is 498. The van der Waals surface area contributed by atoms with E-state index in [-0.39, 0.29) is 0 Å². The average molecular weight is 215 g/mol. The van der Waals surface area contributed by atoms with E-state index in [0.29, 0.717) is 11.9 Å². The standard InChI is InChI=1S/C13H17N3/c1-9(2)16-13(14)8-12(15-16)11-6-4-5-10(3)7-11/h4-9H,14H2,1-3H3. The predicted molar refractivity (Wildman–Crippen MR) is 67.2 cm³/mol. The molecule has 1 heterocycles. The van der Waals surface area contributed by atoms with Gasteiger partial charge in [0.1, 0.15) is 5.82 Å². The number of hydrogen-bond acceptors (Lipinski definition) is 2. The van der Waals surface area contributed by atoms with Gasteiger partial charge in [0, 0.05) is 17.7 Å². The van der Waals surface area contributed by atoms with Crippen molar-refractivity contribution in [2.45, 2.75) is 26.8 Å². The summed E-state index contributed by atoms with van der Waals surface area (Å²) in [6.07, 6.45) is 0. The SMILES string of the molecule is Cc1cccc(-c2cc(N)n(C(C)C)n2)c1. The quantitative estimate of drug-likeness (QED) is 0.836. The van der Waals surface area contributed by atoms with Crippen LogP contribution >= 0.6 is 0 Å². The summed E-state index contributed by atoms with van der Waals surface area (Å²) >= 11 is 0. The molecular weight excluding hydrogens is 198 g/mol. The monoisotopic (exact) mass is 215 g/mol. The lowest BCUT2D eigenvalue weighted by Gasteiger charge is -2.06. The van der Waals surface area contributed by atoms with Gasteiger partial charge in [0.05, 0.1) is 5.69 Å². The fourth-order valence-corrected chi connectivity index (χ4v) is 1.77. The molecule has 16 heavy (non-hydrogen) atoms. The summed E-state index contributed by atoms with van der Waals surface area (Å²) in [5.74, 6) is 0.714. The van der Waals surface area contributed by atoms with Crippen LogP contribution in [0.2, 0.25) is 0 Å². The number of nitrogens with zero attached hydrogens (tertiary/aromatic N) is 2. The van der Waals surface area contributed by atoms with E-state index < -0.39 is 0 Å². The Kier molecular flexibility index (Phi) is 2.69. The Hall–Kier alpha value is -1.77. The fourth-order valence-electron chi connectivity index (χ4n) is 1.77. The molecule has 2 N–H and O–H groups in total. The molecule has 0 fully saturated rings. The number of nitrogen functional groups attached to an aromatic ring is 1. The van der Waals surface area contributed by atoms with Crippen molar-refractivity contribution in [2.24, 2.45) is 0 Å². The first-order chi connectivity index (χ1) is 7.58. The van der Waals surface area contributed by atoms with Crippen LogP contribution in [-0.2, 0) is 0 Å². The maximum absolute atomic E-state index is 5.92. The molecule has 0 amide bonds. The number of anilines is 1. The molecule has 0 spiro atoms. The van der Waals surface area contributed by atoms with E-state index in [2.05, 4.69) is 44.1 Å². The van der Waals surface area contributed by atoms with Crippen LogP contribution in [0.3, 0.4) is 0 Å². The van der Waals surface area contributed by atoms with Gasteiger partial charge in [-0.15, -0.1) is 0 Å². The summed E-state index contributed by atoms with van der Waals surface area (Å²) in [5, 5.41) is 4.51. The van der Waals surface area contributed by atoms with Crippen LogP contribution in [0.25, 0.3) is 11.3 Å². The second-order valence-electron chi connectivity index (χ2n) is 4.36. The average Bonchev–Trinajstić information content (AvgIpc) is 2.60. The van der Waals surface area contributed by atoms with E-state index in [9.17, 15) is 0 Å². The molecule has 0 aliphatic carbocycles. The maximum atomic E-state index is 5.92. The second-order valence-corrected chi connectivity index (χ2v) is 4.36. The Labute approximate surface area is 95.9 Å². The number of hydrogen-bond donors (Lipinski definition) is 1. The molecule has 0 radical (unpaired) electrons. The molecule has 2 rings (SSSR count). The van der Waals surface area contributed by atoms with E-state index in [1.807, 2.05) is 16.8 Å². The van der Waals surface area contributed by atoms with Gasteiger partial charge in [0.15, 0.2) is 0 Å². The van der Waals surface area contributed by atoms with Crippen molar-refractivity contribution < 1.29 is 0 Å². The first kappa shape index (κ1) is 10.7. The zero-order valence-corrected chi connectivity index (χ0v) is 9.94. The van der Waals surface area contributed by atoms with Crippen LogP contribution in [0.15, 0.2) is 30.3 Å². The molecule has 3 nitrogen and oxygen atoms in total. The summed E-state index contributed by atoms with van der Waals surface area (Å²) in [7, 11) is 0. The molecule has 0 bridgehead atoms. The molecule has 0 aliphatic heterocycles. The highest BCUT2D eigenvalue weighted by atomic mass is 15.3. The lowest BCUT2D eigenvalue weighted by Crippen LogP contribution is -2.06. The Morgan fingerprint density at radius 2 is 2.00 bits per heavy atom. The van der Waals surface area contributed by atoms with Gasteiger partial charge in [-0.1, -0.05) is 23.8 Å². The summed E-state index contributed by atoms with van der Waals surface area (Å²) in [5.41, 5.74) is 9.21. The normalized spacial score (nSPS) is 11.0. The summed E-state index contributed by atoms with van der Waals surface area (Å²) in [6.45, 7) is 6.22. The number of aromatic nitrogens is 2. The number of nitrogens with two attached hydrogens (primary N) is 1. The Morgan fingerprint density at radius 1 is 1.25 bits per heavy atom. The smallest absolute Gasteiger partial charge is 0.122 e. The molecule has 1 aromatic carbocycles. The highest BCUT2D eigenvalue weighted by molar-refractivity contribution is 5.63. The van der Waals surface area contributed by atoms with E-state index in [1.165, 1.54) is 5.56 Å². The number of rotatable bonds is 2. The minimum absolute atomic E-state index is 0.290. The van der Waals surface area contributed by atoms with Gasteiger partial charge in [-0.3, -0.25) is 0 Å². The van der Waals surface area contributed by atoms with Crippen LogP contribution in [0.4, 0.5) is 5.82 Å². The van der Waals surface area contributed by atoms with Crippen molar-refractivity contribution in [3.05, 3.63) is 35.9 Å². The van der Waals surface area contributed by atoms with Crippen LogP contribution in [0, 0.1) is 6.92 Å². The van der Waals surface area contributed by atoms with Gasteiger partial charge < -0.3 is 5.73 Å². The summed E-state index contributed by atoms with van der Waals surface area (Å²) in [4.78, 5) is 0. The third kappa shape index (κ3) is 1.94. The lowest BCUT2D eigenvalue weighted by molar-refractivity contribution is 0.542. The second kappa shape index (κ2) is 4.00. The van der Waals surface area contributed by atoms with Crippen molar-refractivity contribution in [3.63, 3.8) is 0 Å². The van der Waals surface area contributed by atoms with Crippen molar-refractivity contribution in [2.75, 3.05) is 5.73 Å². The largest absolute Gasteiger partial charge is 0.384 e. The van der Waals surface area contributed by atoms with Crippen molar-refractivity contribution in [1.29, 1.82) is 0 Å². The molecule has 2 aromatic rings. The summed E-state index contributed by atoms with van der Waals surface area (Å²) in [6, 6.07) is 10.5.